The van der Waals surface area contributed by atoms with E-state index in [1.807, 2.05) is 6.92 Å². The van der Waals surface area contributed by atoms with E-state index in [0.29, 0.717) is 24.5 Å². The van der Waals surface area contributed by atoms with E-state index in [1.54, 1.807) is 24.3 Å². The van der Waals surface area contributed by atoms with Gasteiger partial charge in [-0.3, -0.25) is 9.59 Å². The molecular weight excluding hydrogens is 373 g/mol. The van der Waals surface area contributed by atoms with Crippen LogP contribution in [-0.2, 0) is 15.8 Å². The maximum Gasteiger partial charge on any atom is 0.418 e. The van der Waals surface area contributed by atoms with E-state index in [9.17, 15) is 22.8 Å². The second-order valence-corrected chi connectivity index (χ2v) is 6.43. The first kappa shape index (κ1) is 19.7. The lowest BCUT2D eigenvalue weighted by molar-refractivity contribution is -0.137. The van der Waals surface area contributed by atoms with Gasteiger partial charge < -0.3 is 15.4 Å². The number of anilines is 2. The normalized spacial score (nSPS) is 18.3. The number of halogens is 3. The Hall–Kier alpha value is -3.03. The molecule has 2 amide bonds. The van der Waals surface area contributed by atoms with Crippen LogP contribution < -0.4 is 15.4 Å². The van der Waals surface area contributed by atoms with Crippen molar-refractivity contribution in [2.75, 3.05) is 17.2 Å². The van der Waals surface area contributed by atoms with Crippen LogP contribution in [-0.4, -0.2) is 18.4 Å². The minimum Gasteiger partial charge on any atom is -0.494 e. The lowest BCUT2D eigenvalue weighted by atomic mass is 10.1. The number of rotatable bonds is 6. The number of amides is 2. The van der Waals surface area contributed by atoms with Crippen molar-refractivity contribution in [3.05, 3.63) is 54.1 Å². The Morgan fingerprint density at radius 1 is 1.00 bits per heavy atom. The molecule has 28 heavy (non-hydrogen) atoms. The molecule has 2 aromatic rings. The van der Waals surface area contributed by atoms with Crippen LogP contribution in [0.25, 0.3) is 0 Å². The zero-order valence-electron chi connectivity index (χ0n) is 15.0. The second kappa shape index (κ2) is 7.92. The van der Waals surface area contributed by atoms with Crippen LogP contribution in [0.5, 0.6) is 5.75 Å². The van der Waals surface area contributed by atoms with Gasteiger partial charge in [-0.05, 0) is 49.7 Å². The molecule has 1 saturated carbocycles. The van der Waals surface area contributed by atoms with E-state index in [2.05, 4.69) is 10.6 Å². The minimum absolute atomic E-state index is 0.295. The molecule has 3 rings (SSSR count). The van der Waals surface area contributed by atoms with Crippen molar-refractivity contribution >= 4 is 23.2 Å². The fourth-order valence-corrected chi connectivity index (χ4v) is 2.88. The van der Waals surface area contributed by atoms with Gasteiger partial charge >= 0.3 is 6.18 Å². The van der Waals surface area contributed by atoms with Gasteiger partial charge in [-0.1, -0.05) is 12.1 Å². The van der Waals surface area contributed by atoms with Crippen molar-refractivity contribution in [3.63, 3.8) is 0 Å². The number of hydrogen-bond acceptors (Lipinski definition) is 3. The monoisotopic (exact) mass is 392 g/mol. The Morgan fingerprint density at radius 3 is 2.21 bits per heavy atom. The van der Waals surface area contributed by atoms with Gasteiger partial charge in [0.15, 0.2) is 0 Å². The average Bonchev–Trinajstić information content (AvgIpc) is 3.44. The SMILES string of the molecule is CCOc1ccc(NC(=O)C2CC2C(=O)Nc2ccccc2C(F)(F)F)cc1. The summed E-state index contributed by atoms with van der Waals surface area (Å²) >= 11 is 0. The first-order valence-electron chi connectivity index (χ1n) is 8.80. The van der Waals surface area contributed by atoms with E-state index in [4.69, 9.17) is 4.74 Å². The third-order valence-electron chi connectivity index (χ3n) is 4.39. The Kier molecular flexibility index (Phi) is 5.58. The summed E-state index contributed by atoms with van der Waals surface area (Å²) in [5.74, 6) is -1.47. The molecule has 1 fully saturated rings. The van der Waals surface area contributed by atoms with Gasteiger partial charge in [0.1, 0.15) is 5.75 Å². The maximum atomic E-state index is 13.0. The van der Waals surface area contributed by atoms with Gasteiger partial charge in [0, 0.05) is 5.69 Å². The van der Waals surface area contributed by atoms with Crippen LogP contribution in [0.15, 0.2) is 48.5 Å². The van der Waals surface area contributed by atoms with Gasteiger partial charge in [0.25, 0.3) is 0 Å². The number of ether oxygens (including phenoxy) is 1. The van der Waals surface area contributed by atoms with E-state index in [-0.39, 0.29) is 11.6 Å². The highest BCUT2D eigenvalue weighted by Crippen LogP contribution is 2.41. The van der Waals surface area contributed by atoms with E-state index < -0.39 is 29.5 Å². The summed E-state index contributed by atoms with van der Waals surface area (Å²) in [6.45, 7) is 2.39. The van der Waals surface area contributed by atoms with Crippen LogP contribution in [0, 0.1) is 11.8 Å². The van der Waals surface area contributed by atoms with Gasteiger partial charge in [0.05, 0.1) is 29.7 Å². The van der Waals surface area contributed by atoms with Crippen molar-refractivity contribution in [1.29, 1.82) is 0 Å². The predicted molar refractivity (Wildman–Crippen MR) is 97.9 cm³/mol. The van der Waals surface area contributed by atoms with Gasteiger partial charge in [-0.25, -0.2) is 0 Å². The molecule has 1 aliphatic rings. The molecule has 0 bridgehead atoms. The number of alkyl halides is 3. The Bertz CT molecular complexity index is 866. The lowest BCUT2D eigenvalue weighted by Crippen LogP contribution is -2.22. The molecule has 0 spiro atoms. The summed E-state index contributed by atoms with van der Waals surface area (Å²) in [5.41, 5.74) is -0.668. The number of hydrogen-bond donors (Lipinski definition) is 2. The highest BCUT2D eigenvalue weighted by molar-refractivity contribution is 6.03. The van der Waals surface area contributed by atoms with Crippen LogP contribution in [0.3, 0.4) is 0 Å². The number of carbonyl (C=O) groups is 2. The first-order valence-corrected chi connectivity index (χ1v) is 8.80. The lowest BCUT2D eigenvalue weighted by Gasteiger charge is -2.13. The molecule has 1 aliphatic carbocycles. The van der Waals surface area contributed by atoms with E-state index in [0.717, 1.165) is 6.07 Å². The number of carbonyl (C=O) groups excluding carboxylic acids is 2. The molecular formula is C20H19F3N2O3. The third kappa shape index (κ3) is 4.62. The van der Waals surface area contributed by atoms with Gasteiger partial charge in [-0.2, -0.15) is 13.2 Å². The summed E-state index contributed by atoms with van der Waals surface area (Å²) in [4.78, 5) is 24.5. The summed E-state index contributed by atoms with van der Waals surface area (Å²) in [6.07, 6.45) is -4.28. The zero-order valence-corrected chi connectivity index (χ0v) is 15.0. The topological polar surface area (TPSA) is 67.4 Å². The van der Waals surface area contributed by atoms with Crippen LogP contribution in [0.1, 0.15) is 18.9 Å². The van der Waals surface area contributed by atoms with E-state index in [1.165, 1.54) is 18.2 Å². The molecule has 2 aromatic carbocycles. The largest absolute Gasteiger partial charge is 0.494 e. The van der Waals surface area contributed by atoms with Crippen LogP contribution in [0.2, 0.25) is 0 Å². The smallest absolute Gasteiger partial charge is 0.418 e. The van der Waals surface area contributed by atoms with Gasteiger partial charge in [0.2, 0.25) is 11.8 Å². The summed E-state index contributed by atoms with van der Waals surface area (Å²) in [7, 11) is 0. The first-order chi connectivity index (χ1) is 13.3. The third-order valence-corrected chi connectivity index (χ3v) is 4.39. The number of para-hydroxylation sites is 1. The molecule has 0 saturated heterocycles. The average molecular weight is 392 g/mol. The highest BCUT2D eigenvalue weighted by atomic mass is 19.4. The van der Waals surface area contributed by atoms with Crippen LogP contribution >= 0.6 is 0 Å². The quantitative estimate of drug-likeness (QED) is 0.770. The molecule has 8 heteroatoms. The molecule has 148 valence electrons. The molecule has 2 N–H and O–H groups in total. The second-order valence-electron chi connectivity index (χ2n) is 6.43. The fraction of sp³-hybridized carbons (Fsp3) is 0.300. The van der Waals surface area contributed by atoms with Crippen molar-refractivity contribution in [2.45, 2.75) is 19.5 Å². The summed E-state index contributed by atoms with van der Waals surface area (Å²) < 4.78 is 44.4. The molecule has 0 radical (unpaired) electrons. The molecule has 5 nitrogen and oxygen atoms in total. The summed E-state index contributed by atoms with van der Waals surface area (Å²) in [6, 6.07) is 11.5. The molecule has 2 atom stereocenters. The standard InChI is InChI=1S/C20H19F3N2O3/c1-2-28-13-9-7-12(8-10-13)24-18(26)14-11-15(14)19(27)25-17-6-4-3-5-16(17)20(21,22)23/h3-10,14-15H,2,11H2,1H3,(H,24,26)(H,25,27). The van der Waals surface area contributed by atoms with Crippen LogP contribution in [0.4, 0.5) is 24.5 Å². The predicted octanol–water partition coefficient (Wildman–Crippen LogP) is 4.32. The van der Waals surface area contributed by atoms with Crippen molar-refractivity contribution in [1.82, 2.24) is 0 Å². The molecule has 0 aliphatic heterocycles. The molecule has 2 unspecified atom stereocenters. The van der Waals surface area contributed by atoms with Crippen molar-refractivity contribution < 1.29 is 27.5 Å². The summed E-state index contributed by atoms with van der Waals surface area (Å²) in [5, 5.41) is 5.00. The van der Waals surface area contributed by atoms with Gasteiger partial charge in [-0.15, -0.1) is 0 Å². The number of benzene rings is 2. The Labute approximate surface area is 159 Å². The maximum absolute atomic E-state index is 13.0. The molecule has 0 aromatic heterocycles. The van der Waals surface area contributed by atoms with Crippen molar-refractivity contribution in [2.24, 2.45) is 11.8 Å². The fourth-order valence-electron chi connectivity index (χ4n) is 2.88. The van der Waals surface area contributed by atoms with E-state index >= 15 is 0 Å². The minimum atomic E-state index is -4.57. The Balaban J connectivity index is 1.58. The Morgan fingerprint density at radius 2 is 1.61 bits per heavy atom. The zero-order chi connectivity index (χ0) is 20.3. The van der Waals surface area contributed by atoms with Crippen molar-refractivity contribution in [3.8, 4) is 5.75 Å². The number of nitrogens with one attached hydrogen (secondary N) is 2. The highest BCUT2D eigenvalue weighted by Gasteiger charge is 2.48. The molecule has 0 heterocycles.